The van der Waals surface area contributed by atoms with Crippen LogP contribution in [0.5, 0.6) is 0 Å². The van der Waals surface area contributed by atoms with E-state index in [4.69, 9.17) is 16.3 Å². The minimum Gasteiger partial charge on any atom is -0.368 e. The molecule has 0 radical (unpaired) electrons. The molecule has 1 aliphatic rings. The molecule has 8 heteroatoms. The molecule has 0 atom stereocenters. The van der Waals surface area contributed by atoms with E-state index in [1.807, 2.05) is 4.72 Å². The molecule has 1 fully saturated rings. The molecule has 0 aliphatic heterocycles. The molecule has 138 valence electrons. The first-order chi connectivity index (χ1) is 11.8. The van der Waals surface area contributed by atoms with Gasteiger partial charge in [0.15, 0.2) is 5.78 Å². The second-order valence-corrected chi connectivity index (χ2v) is 8.08. The van der Waals surface area contributed by atoms with Crippen molar-refractivity contribution in [1.82, 2.24) is 4.72 Å². The molecule has 0 spiro atoms. The van der Waals surface area contributed by atoms with Crippen LogP contribution in [-0.4, -0.2) is 32.8 Å². The Balaban J connectivity index is 2.05. The number of carbonyl (C=O) groups is 2. The van der Waals surface area contributed by atoms with Crippen LogP contribution in [0.2, 0.25) is 5.02 Å². The summed E-state index contributed by atoms with van der Waals surface area (Å²) >= 11 is 5.94. The van der Waals surface area contributed by atoms with Crippen LogP contribution in [0.25, 0.3) is 0 Å². The second-order valence-electron chi connectivity index (χ2n) is 6.02. The van der Waals surface area contributed by atoms with Gasteiger partial charge in [-0.2, -0.15) is 0 Å². The summed E-state index contributed by atoms with van der Waals surface area (Å²) < 4.78 is 32.2. The molecule has 1 aromatic rings. The zero-order chi connectivity index (χ0) is 18.4. The van der Waals surface area contributed by atoms with Crippen molar-refractivity contribution >= 4 is 33.3 Å². The molecule has 1 amide bonds. The van der Waals surface area contributed by atoms with E-state index in [0.717, 1.165) is 32.1 Å². The quantitative estimate of drug-likeness (QED) is 0.726. The fraction of sp³-hybridized carbons (Fsp3) is 0.529. The van der Waals surface area contributed by atoms with E-state index in [0.29, 0.717) is 0 Å². The monoisotopic (exact) mass is 387 g/mol. The largest absolute Gasteiger partial charge is 0.368 e. The minimum absolute atomic E-state index is 0.00343. The fourth-order valence-electron chi connectivity index (χ4n) is 2.75. The maximum absolute atomic E-state index is 12.4. The van der Waals surface area contributed by atoms with Crippen LogP contribution in [0.4, 0.5) is 0 Å². The standard InChI is InChI=1S/C17H22ClNO5S/c1-2-15(20)12-8-9-14(18)16(10-12)25(22,23)19-17(21)11-24-13-6-4-3-5-7-13/h8-10,13H,2-7,11H2,1H3,(H,19,21). The van der Waals surface area contributed by atoms with Crippen LogP contribution in [0, 0.1) is 0 Å². The number of ether oxygens (including phenoxy) is 1. The van der Waals surface area contributed by atoms with Crippen LogP contribution in [0.3, 0.4) is 0 Å². The Kier molecular flexibility index (Phi) is 6.98. The molecule has 0 saturated heterocycles. The SMILES string of the molecule is CCC(=O)c1ccc(Cl)c(S(=O)(=O)NC(=O)COC2CCCCC2)c1. The molecular formula is C17H22ClNO5S. The number of ketones is 1. The van der Waals surface area contributed by atoms with Gasteiger partial charge in [-0.1, -0.05) is 37.8 Å². The lowest BCUT2D eigenvalue weighted by Crippen LogP contribution is -2.35. The Morgan fingerprint density at radius 1 is 1.24 bits per heavy atom. The van der Waals surface area contributed by atoms with Crippen LogP contribution in [0.1, 0.15) is 55.8 Å². The molecular weight excluding hydrogens is 366 g/mol. The Labute approximate surface area is 152 Å². The van der Waals surface area contributed by atoms with Crippen molar-refractivity contribution in [2.45, 2.75) is 56.4 Å². The number of amides is 1. The van der Waals surface area contributed by atoms with E-state index < -0.39 is 15.9 Å². The smallest absolute Gasteiger partial charge is 0.265 e. The molecule has 0 heterocycles. The summed E-state index contributed by atoms with van der Waals surface area (Å²) in [4.78, 5) is 23.4. The van der Waals surface area contributed by atoms with Gasteiger partial charge in [0.25, 0.3) is 15.9 Å². The number of hydrogen-bond donors (Lipinski definition) is 1. The van der Waals surface area contributed by atoms with Crippen LogP contribution in [0.15, 0.2) is 23.1 Å². The number of halogens is 1. The van der Waals surface area contributed by atoms with E-state index in [-0.39, 0.29) is 40.4 Å². The van der Waals surface area contributed by atoms with E-state index in [2.05, 4.69) is 0 Å². The summed E-state index contributed by atoms with van der Waals surface area (Å²) in [5, 5.41) is -0.0545. The average molecular weight is 388 g/mol. The predicted octanol–water partition coefficient (Wildman–Crippen LogP) is 3.09. The van der Waals surface area contributed by atoms with Gasteiger partial charge in [0.2, 0.25) is 0 Å². The summed E-state index contributed by atoms with van der Waals surface area (Å²) in [7, 11) is -4.17. The third kappa shape index (κ3) is 5.52. The number of Topliss-reactive ketones (excluding diaryl/α,β-unsaturated/α-hetero) is 1. The second kappa shape index (κ2) is 8.78. The van der Waals surface area contributed by atoms with Gasteiger partial charge in [0.05, 0.1) is 11.1 Å². The third-order valence-electron chi connectivity index (χ3n) is 4.11. The highest BCUT2D eigenvalue weighted by molar-refractivity contribution is 7.90. The van der Waals surface area contributed by atoms with E-state index in [1.165, 1.54) is 18.2 Å². The van der Waals surface area contributed by atoms with Crippen LogP contribution < -0.4 is 4.72 Å². The number of benzene rings is 1. The van der Waals surface area contributed by atoms with Gasteiger partial charge in [-0.3, -0.25) is 9.59 Å². The van der Waals surface area contributed by atoms with Gasteiger partial charge in [0.1, 0.15) is 11.5 Å². The average Bonchev–Trinajstić information content (AvgIpc) is 2.60. The number of hydrogen-bond acceptors (Lipinski definition) is 5. The summed E-state index contributed by atoms with van der Waals surface area (Å²) in [6, 6.07) is 3.98. The molecule has 2 rings (SSSR count). The molecule has 25 heavy (non-hydrogen) atoms. The topological polar surface area (TPSA) is 89.5 Å². The van der Waals surface area contributed by atoms with Gasteiger partial charge in [0, 0.05) is 12.0 Å². The molecule has 1 aromatic carbocycles. The number of carbonyl (C=O) groups excluding carboxylic acids is 2. The van der Waals surface area contributed by atoms with Gasteiger partial charge in [-0.05, 0) is 31.0 Å². The zero-order valence-electron chi connectivity index (χ0n) is 14.1. The van der Waals surface area contributed by atoms with Gasteiger partial charge in [-0.15, -0.1) is 0 Å². The molecule has 1 N–H and O–H groups in total. The highest BCUT2D eigenvalue weighted by Crippen LogP contribution is 2.23. The van der Waals surface area contributed by atoms with Crippen molar-refractivity contribution in [2.75, 3.05) is 6.61 Å². The van der Waals surface area contributed by atoms with E-state index in [9.17, 15) is 18.0 Å². The normalized spacial score (nSPS) is 15.8. The Hall–Kier alpha value is -1.44. The zero-order valence-corrected chi connectivity index (χ0v) is 15.7. The Bertz CT molecular complexity index is 741. The van der Waals surface area contributed by atoms with Crippen LogP contribution >= 0.6 is 11.6 Å². The molecule has 0 bridgehead atoms. The van der Waals surface area contributed by atoms with E-state index >= 15 is 0 Å². The first-order valence-electron chi connectivity index (χ1n) is 8.33. The van der Waals surface area contributed by atoms with Crippen molar-refractivity contribution in [3.8, 4) is 0 Å². The van der Waals surface area contributed by atoms with Crippen molar-refractivity contribution in [3.05, 3.63) is 28.8 Å². The summed E-state index contributed by atoms with van der Waals surface area (Å²) in [6.45, 7) is 1.35. The van der Waals surface area contributed by atoms with Gasteiger partial charge < -0.3 is 4.74 Å². The Morgan fingerprint density at radius 2 is 1.92 bits per heavy atom. The predicted molar refractivity (Wildman–Crippen MR) is 94.2 cm³/mol. The van der Waals surface area contributed by atoms with Crippen molar-refractivity contribution in [3.63, 3.8) is 0 Å². The summed E-state index contributed by atoms with van der Waals surface area (Å²) in [5.74, 6) is -0.964. The van der Waals surface area contributed by atoms with Crippen molar-refractivity contribution in [1.29, 1.82) is 0 Å². The lowest BCUT2D eigenvalue weighted by molar-refractivity contribution is -0.126. The summed E-state index contributed by atoms with van der Waals surface area (Å²) in [6.07, 6.45) is 5.27. The maximum atomic E-state index is 12.4. The molecule has 1 aliphatic carbocycles. The molecule has 0 aromatic heterocycles. The number of rotatable bonds is 7. The number of nitrogens with one attached hydrogen (secondary N) is 1. The molecule has 6 nitrogen and oxygen atoms in total. The molecule has 0 unspecified atom stereocenters. The fourth-order valence-corrected chi connectivity index (χ4v) is 4.24. The van der Waals surface area contributed by atoms with Gasteiger partial charge >= 0.3 is 0 Å². The van der Waals surface area contributed by atoms with Crippen molar-refractivity contribution in [2.24, 2.45) is 0 Å². The Morgan fingerprint density at radius 3 is 2.56 bits per heavy atom. The lowest BCUT2D eigenvalue weighted by atomic mass is 9.98. The lowest BCUT2D eigenvalue weighted by Gasteiger charge is -2.21. The first-order valence-corrected chi connectivity index (χ1v) is 10.2. The van der Waals surface area contributed by atoms with Crippen LogP contribution in [-0.2, 0) is 19.6 Å². The van der Waals surface area contributed by atoms with Crippen molar-refractivity contribution < 1.29 is 22.7 Å². The van der Waals surface area contributed by atoms with Gasteiger partial charge in [-0.25, -0.2) is 13.1 Å². The minimum atomic E-state index is -4.17. The maximum Gasteiger partial charge on any atom is 0.265 e. The highest BCUT2D eigenvalue weighted by Gasteiger charge is 2.23. The first kappa shape index (κ1) is 19.9. The number of sulfonamides is 1. The highest BCUT2D eigenvalue weighted by atomic mass is 35.5. The van der Waals surface area contributed by atoms with E-state index in [1.54, 1.807) is 6.92 Å². The molecule has 1 saturated carbocycles. The third-order valence-corrected chi connectivity index (χ3v) is 5.97. The summed E-state index contributed by atoms with van der Waals surface area (Å²) in [5.41, 5.74) is 0.234.